The first kappa shape index (κ1) is 16.0. The van der Waals surface area contributed by atoms with Crippen LogP contribution in [0.2, 0.25) is 5.02 Å². The monoisotopic (exact) mass is 342 g/mol. The first-order valence-electron chi connectivity index (χ1n) is 7.22. The van der Waals surface area contributed by atoms with E-state index >= 15 is 0 Å². The lowest BCUT2D eigenvalue weighted by molar-refractivity contribution is 0.101. The summed E-state index contributed by atoms with van der Waals surface area (Å²) >= 11 is 5.89. The number of nitrogens with zero attached hydrogens (tertiary/aromatic N) is 3. The van der Waals surface area contributed by atoms with Crippen LogP contribution in [0.3, 0.4) is 0 Å². The molecule has 6 nitrogen and oxygen atoms in total. The van der Waals surface area contributed by atoms with Crippen LogP contribution in [-0.4, -0.2) is 27.8 Å². The molecule has 0 unspecified atom stereocenters. The molecule has 0 radical (unpaired) electrons. The van der Waals surface area contributed by atoms with Crippen LogP contribution in [0.4, 0.5) is 5.69 Å². The maximum Gasteiger partial charge on any atom is 0.295 e. The summed E-state index contributed by atoms with van der Waals surface area (Å²) in [6.45, 7) is 1.78. The number of rotatable bonds is 4. The van der Waals surface area contributed by atoms with Crippen molar-refractivity contribution in [2.24, 2.45) is 0 Å². The number of ether oxygens (including phenoxy) is 1. The normalized spacial score (nSPS) is 10.5. The highest BCUT2D eigenvalue weighted by atomic mass is 35.5. The van der Waals surface area contributed by atoms with Gasteiger partial charge in [0.2, 0.25) is 5.82 Å². The Kier molecular flexibility index (Phi) is 4.48. The van der Waals surface area contributed by atoms with Gasteiger partial charge in [-0.2, -0.15) is 0 Å². The first-order valence-corrected chi connectivity index (χ1v) is 7.59. The van der Waals surface area contributed by atoms with Crippen LogP contribution in [0.1, 0.15) is 16.4 Å². The summed E-state index contributed by atoms with van der Waals surface area (Å²) in [5.41, 5.74) is 1.39. The van der Waals surface area contributed by atoms with Crippen molar-refractivity contribution in [1.82, 2.24) is 14.8 Å². The summed E-state index contributed by atoms with van der Waals surface area (Å²) in [4.78, 5) is 16.6. The summed E-state index contributed by atoms with van der Waals surface area (Å²) in [5, 5.41) is 7.66. The summed E-state index contributed by atoms with van der Waals surface area (Å²) in [5.74, 6) is 0.959. The molecule has 1 amide bonds. The maximum atomic E-state index is 12.4. The van der Waals surface area contributed by atoms with Gasteiger partial charge in [0.25, 0.3) is 5.91 Å². The Bertz CT molecular complexity index is 875. The minimum absolute atomic E-state index is 0.0882. The number of amides is 1. The van der Waals surface area contributed by atoms with Crippen molar-refractivity contribution in [1.29, 1.82) is 0 Å². The van der Waals surface area contributed by atoms with Crippen molar-refractivity contribution in [3.8, 4) is 11.4 Å². The van der Waals surface area contributed by atoms with Crippen LogP contribution < -0.4 is 10.1 Å². The van der Waals surface area contributed by atoms with Crippen molar-refractivity contribution in [2.45, 2.75) is 6.92 Å². The molecule has 0 saturated carbocycles. The van der Waals surface area contributed by atoms with Crippen LogP contribution in [0.5, 0.6) is 5.75 Å². The van der Waals surface area contributed by atoms with Crippen molar-refractivity contribution in [3.05, 3.63) is 65.2 Å². The van der Waals surface area contributed by atoms with E-state index in [9.17, 15) is 4.79 Å². The van der Waals surface area contributed by atoms with Crippen LogP contribution in [0.25, 0.3) is 5.69 Å². The summed E-state index contributed by atoms with van der Waals surface area (Å²) < 4.78 is 6.73. The standard InChI is InChI=1S/C17H15ClN4O2/c1-11-19-16(21-22(11)14-8-6-12(18)7-9-14)17(23)20-13-4-3-5-15(10-13)24-2/h3-10H,1-2H3,(H,20,23). The molecule has 7 heteroatoms. The Hall–Kier alpha value is -2.86. The van der Waals surface area contributed by atoms with E-state index in [2.05, 4.69) is 15.4 Å². The molecule has 0 saturated heterocycles. The molecule has 0 aliphatic carbocycles. The van der Waals surface area contributed by atoms with Gasteiger partial charge in [0, 0.05) is 16.8 Å². The van der Waals surface area contributed by atoms with Gasteiger partial charge < -0.3 is 10.1 Å². The number of carbonyl (C=O) groups is 1. The zero-order chi connectivity index (χ0) is 17.1. The number of benzene rings is 2. The summed E-state index contributed by atoms with van der Waals surface area (Å²) in [6, 6.07) is 14.2. The van der Waals surface area contributed by atoms with Crippen molar-refractivity contribution in [3.63, 3.8) is 0 Å². The molecule has 0 bridgehead atoms. The zero-order valence-electron chi connectivity index (χ0n) is 13.2. The number of anilines is 1. The van der Waals surface area contributed by atoms with Gasteiger partial charge >= 0.3 is 0 Å². The second-order valence-electron chi connectivity index (χ2n) is 5.06. The minimum Gasteiger partial charge on any atom is -0.497 e. The Balaban J connectivity index is 1.83. The molecule has 2 aromatic carbocycles. The third-order valence-electron chi connectivity index (χ3n) is 3.37. The quantitative estimate of drug-likeness (QED) is 0.788. The number of nitrogens with one attached hydrogen (secondary N) is 1. The molecule has 0 fully saturated rings. The number of aromatic nitrogens is 3. The summed E-state index contributed by atoms with van der Waals surface area (Å²) in [7, 11) is 1.57. The molecule has 0 atom stereocenters. The lowest BCUT2D eigenvalue weighted by Gasteiger charge is -2.05. The minimum atomic E-state index is -0.390. The fraction of sp³-hybridized carbons (Fsp3) is 0.118. The van der Waals surface area contributed by atoms with E-state index in [0.717, 1.165) is 5.69 Å². The van der Waals surface area contributed by atoms with E-state index in [1.54, 1.807) is 55.1 Å². The smallest absolute Gasteiger partial charge is 0.295 e. The summed E-state index contributed by atoms with van der Waals surface area (Å²) in [6.07, 6.45) is 0. The zero-order valence-corrected chi connectivity index (χ0v) is 13.9. The molecule has 0 aliphatic heterocycles. The van der Waals surface area contributed by atoms with Crippen LogP contribution in [0.15, 0.2) is 48.5 Å². The lowest BCUT2D eigenvalue weighted by Crippen LogP contribution is -2.14. The third-order valence-corrected chi connectivity index (χ3v) is 3.62. The van der Waals surface area contributed by atoms with Crippen molar-refractivity contribution in [2.75, 3.05) is 12.4 Å². The Morgan fingerprint density at radius 2 is 1.96 bits per heavy atom. The van der Waals surface area contributed by atoms with Gasteiger partial charge in [0.1, 0.15) is 11.6 Å². The molecule has 1 aromatic heterocycles. The van der Waals surface area contributed by atoms with Gasteiger partial charge in [0.05, 0.1) is 12.8 Å². The Morgan fingerprint density at radius 1 is 1.21 bits per heavy atom. The van der Waals surface area contributed by atoms with E-state index in [1.165, 1.54) is 0 Å². The van der Waals surface area contributed by atoms with Gasteiger partial charge in [-0.1, -0.05) is 17.7 Å². The van der Waals surface area contributed by atoms with Gasteiger partial charge in [-0.3, -0.25) is 4.79 Å². The molecule has 3 aromatic rings. The van der Waals surface area contributed by atoms with Crippen LogP contribution >= 0.6 is 11.6 Å². The van der Waals surface area contributed by atoms with Crippen molar-refractivity contribution >= 4 is 23.2 Å². The second-order valence-corrected chi connectivity index (χ2v) is 5.49. The number of hydrogen-bond donors (Lipinski definition) is 1. The molecule has 122 valence electrons. The predicted octanol–water partition coefficient (Wildman–Crippen LogP) is 3.49. The molecule has 1 N–H and O–H groups in total. The third kappa shape index (κ3) is 3.38. The molecular formula is C17H15ClN4O2. The number of methoxy groups -OCH3 is 1. The van der Waals surface area contributed by atoms with Gasteiger partial charge in [-0.15, -0.1) is 5.10 Å². The fourth-order valence-electron chi connectivity index (χ4n) is 2.20. The van der Waals surface area contributed by atoms with Crippen LogP contribution in [0, 0.1) is 6.92 Å². The highest BCUT2D eigenvalue weighted by Gasteiger charge is 2.15. The molecule has 24 heavy (non-hydrogen) atoms. The molecule has 0 aliphatic rings. The number of halogens is 1. The predicted molar refractivity (Wildman–Crippen MR) is 92.1 cm³/mol. The van der Waals surface area contributed by atoms with Gasteiger partial charge in [0.15, 0.2) is 0 Å². The molecular weight excluding hydrogens is 328 g/mol. The van der Waals surface area contributed by atoms with E-state index in [4.69, 9.17) is 16.3 Å². The fourth-order valence-corrected chi connectivity index (χ4v) is 2.33. The number of aryl methyl sites for hydroxylation is 1. The van der Waals surface area contributed by atoms with Gasteiger partial charge in [-0.05, 0) is 43.3 Å². The largest absolute Gasteiger partial charge is 0.497 e. The maximum absolute atomic E-state index is 12.4. The van der Waals surface area contributed by atoms with E-state index < -0.39 is 0 Å². The molecule has 3 rings (SSSR count). The number of carbonyl (C=O) groups excluding carboxylic acids is 1. The van der Waals surface area contributed by atoms with Crippen molar-refractivity contribution < 1.29 is 9.53 Å². The van der Waals surface area contributed by atoms with Crippen LogP contribution in [-0.2, 0) is 0 Å². The number of hydrogen-bond acceptors (Lipinski definition) is 4. The first-order chi connectivity index (χ1) is 11.6. The highest BCUT2D eigenvalue weighted by molar-refractivity contribution is 6.30. The second kappa shape index (κ2) is 6.72. The van der Waals surface area contributed by atoms with E-state index in [0.29, 0.717) is 22.3 Å². The average molecular weight is 343 g/mol. The Morgan fingerprint density at radius 3 is 2.67 bits per heavy atom. The van der Waals surface area contributed by atoms with E-state index in [1.807, 2.05) is 12.1 Å². The SMILES string of the molecule is COc1cccc(NC(=O)c2nc(C)n(-c3ccc(Cl)cc3)n2)c1. The average Bonchev–Trinajstić information content (AvgIpc) is 2.98. The van der Waals surface area contributed by atoms with Gasteiger partial charge in [-0.25, -0.2) is 9.67 Å². The highest BCUT2D eigenvalue weighted by Crippen LogP contribution is 2.18. The molecule has 1 heterocycles. The molecule has 0 spiro atoms. The lowest BCUT2D eigenvalue weighted by atomic mass is 10.3. The topological polar surface area (TPSA) is 69.0 Å². The Labute approximate surface area is 144 Å². The van der Waals surface area contributed by atoms with E-state index in [-0.39, 0.29) is 11.7 Å².